The molecule has 0 aliphatic carbocycles. The minimum Gasteiger partial charge on any atom is -0.456 e. The van der Waals surface area contributed by atoms with E-state index in [0.29, 0.717) is 13.2 Å². The molecule has 2 heterocycles. The highest BCUT2D eigenvalue weighted by atomic mass is 19.4. The minimum absolute atomic E-state index is 0.0370. The van der Waals surface area contributed by atoms with E-state index in [1.54, 1.807) is 20.8 Å². The number of hydrogen-bond donors (Lipinski definition) is 0. The molecule has 1 atom stereocenters. The first-order chi connectivity index (χ1) is 10.1. The van der Waals surface area contributed by atoms with Crippen LogP contribution in [0.2, 0.25) is 0 Å². The zero-order chi connectivity index (χ0) is 16.5. The zero-order valence-corrected chi connectivity index (χ0v) is 12.6. The Hall–Kier alpha value is -1.70. The second-order valence-corrected chi connectivity index (χ2v) is 5.97. The van der Waals surface area contributed by atoms with Gasteiger partial charge in [-0.25, -0.2) is 4.79 Å². The van der Waals surface area contributed by atoms with Crippen LogP contribution in [-0.4, -0.2) is 36.0 Å². The van der Waals surface area contributed by atoms with Crippen molar-refractivity contribution >= 4 is 6.09 Å². The Morgan fingerprint density at radius 1 is 1.36 bits per heavy atom. The van der Waals surface area contributed by atoms with Crippen molar-refractivity contribution in [2.24, 2.45) is 0 Å². The van der Waals surface area contributed by atoms with Gasteiger partial charge in [-0.05, 0) is 32.9 Å². The number of hydrogen-bond acceptors (Lipinski definition) is 4. The number of furan rings is 1. The Bertz CT molecular complexity index is 533. The molecule has 1 saturated heterocycles. The predicted octanol–water partition coefficient (Wildman–Crippen LogP) is 3.43. The minimum atomic E-state index is -4.53. The van der Waals surface area contributed by atoms with Crippen molar-refractivity contribution in [2.75, 3.05) is 13.2 Å². The summed E-state index contributed by atoms with van der Waals surface area (Å²) in [6.45, 7) is 5.83. The molecule has 0 spiro atoms. The molecule has 2 rings (SSSR count). The van der Waals surface area contributed by atoms with Crippen molar-refractivity contribution < 1.29 is 31.9 Å². The van der Waals surface area contributed by atoms with Gasteiger partial charge in [-0.3, -0.25) is 4.90 Å². The quantitative estimate of drug-likeness (QED) is 0.837. The van der Waals surface area contributed by atoms with Crippen molar-refractivity contribution in [2.45, 2.75) is 45.2 Å². The fourth-order valence-corrected chi connectivity index (χ4v) is 2.03. The molecule has 8 heteroatoms. The molecule has 22 heavy (non-hydrogen) atoms. The fraction of sp³-hybridized carbons (Fsp3) is 0.643. The Morgan fingerprint density at radius 2 is 2.05 bits per heavy atom. The molecule has 0 saturated carbocycles. The average Bonchev–Trinajstić information content (AvgIpc) is 2.95. The molecule has 1 aliphatic heterocycles. The number of amides is 1. The molecule has 1 aromatic heterocycles. The summed E-state index contributed by atoms with van der Waals surface area (Å²) in [6.07, 6.45) is -5.74. The smallest absolute Gasteiger partial charge is 0.449 e. The Labute approximate surface area is 126 Å². The summed E-state index contributed by atoms with van der Waals surface area (Å²) in [5.41, 5.74) is -0.654. The molecule has 1 unspecified atom stereocenters. The van der Waals surface area contributed by atoms with Crippen LogP contribution >= 0.6 is 0 Å². The van der Waals surface area contributed by atoms with Crippen LogP contribution in [0.5, 0.6) is 0 Å². The van der Waals surface area contributed by atoms with Gasteiger partial charge in [0, 0.05) is 0 Å². The standard InChI is InChI=1S/C14H18F3NO4/c1-13(2,3)22-12(19)18-6-7-20-11(18)8-9-4-5-10(21-9)14(15,16)17/h4-5,11H,6-8H2,1-3H3. The van der Waals surface area contributed by atoms with Crippen LogP contribution < -0.4 is 0 Å². The van der Waals surface area contributed by atoms with Gasteiger partial charge in [0.2, 0.25) is 5.76 Å². The van der Waals surface area contributed by atoms with Crippen molar-refractivity contribution in [3.8, 4) is 0 Å². The maximum absolute atomic E-state index is 12.5. The van der Waals surface area contributed by atoms with Gasteiger partial charge in [0.15, 0.2) is 0 Å². The van der Waals surface area contributed by atoms with E-state index in [-0.39, 0.29) is 12.2 Å². The summed E-state index contributed by atoms with van der Waals surface area (Å²) >= 11 is 0. The van der Waals surface area contributed by atoms with E-state index in [2.05, 4.69) is 0 Å². The number of ether oxygens (including phenoxy) is 2. The van der Waals surface area contributed by atoms with Crippen LogP contribution in [0.4, 0.5) is 18.0 Å². The summed E-state index contributed by atoms with van der Waals surface area (Å²) in [6, 6.07) is 2.10. The first-order valence-corrected chi connectivity index (χ1v) is 6.83. The number of alkyl halides is 3. The van der Waals surface area contributed by atoms with Crippen LogP contribution in [0.25, 0.3) is 0 Å². The van der Waals surface area contributed by atoms with Crippen molar-refractivity contribution in [1.82, 2.24) is 4.90 Å². The van der Waals surface area contributed by atoms with E-state index in [0.717, 1.165) is 6.07 Å². The topological polar surface area (TPSA) is 51.9 Å². The average molecular weight is 321 g/mol. The van der Waals surface area contributed by atoms with Crippen molar-refractivity contribution in [3.05, 3.63) is 23.7 Å². The van der Waals surface area contributed by atoms with Crippen LogP contribution in [0.1, 0.15) is 32.3 Å². The maximum Gasteiger partial charge on any atom is 0.449 e. The van der Waals surface area contributed by atoms with Gasteiger partial charge in [-0.2, -0.15) is 13.2 Å². The number of nitrogens with zero attached hydrogens (tertiary/aromatic N) is 1. The number of rotatable bonds is 2. The van der Waals surface area contributed by atoms with Crippen LogP contribution in [0.15, 0.2) is 16.5 Å². The molecule has 1 fully saturated rings. The lowest BCUT2D eigenvalue weighted by molar-refractivity contribution is -0.153. The van der Waals surface area contributed by atoms with E-state index in [1.807, 2.05) is 0 Å². The first-order valence-electron chi connectivity index (χ1n) is 6.83. The molecule has 0 N–H and O–H groups in total. The van der Waals surface area contributed by atoms with Crippen LogP contribution in [0, 0.1) is 0 Å². The highest BCUT2D eigenvalue weighted by Gasteiger charge is 2.37. The molecule has 124 valence electrons. The summed E-state index contributed by atoms with van der Waals surface area (Å²) in [4.78, 5) is 13.4. The fourth-order valence-electron chi connectivity index (χ4n) is 2.03. The highest BCUT2D eigenvalue weighted by Crippen LogP contribution is 2.31. The van der Waals surface area contributed by atoms with Gasteiger partial charge in [-0.1, -0.05) is 0 Å². The number of carbonyl (C=O) groups is 1. The first kappa shape index (κ1) is 16.7. The SMILES string of the molecule is CC(C)(C)OC(=O)N1CCOC1Cc1ccc(C(F)(F)F)o1. The van der Waals surface area contributed by atoms with Crippen LogP contribution in [-0.2, 0) is 22.1 Å². The second kappa shape index (κ2) is 5.83. The van der Waals surface area contributed by atoms with E-state index in [9.17, 15) is 18.0 Å². The van der Waals surface area contributed by atoms with Crippen molar-refractivity contribution in [1.29, 1.82) is 0 Å². The number of carbonyl (C=O) groups excluding carboxylic acids is 1. The zero-order valence-electron chi connectivity index (χ0n) is 12.6. The summed E-state index contributed by atoms with van der Waals surface area (Å²) < 4.78 is 52.9. The van der Waals surface area contributed by atoms with Gasteiger partial charge in [0.1, 0.15) is 17.6 Å². The monoisotopic (exact) mass is 321 g/mol. The summed E-state index contributed by atoms with van der Waals surface area (Å²) in [7, 11) is 0. The van der Waals surface area contributed by atoms with Gasteiger partial charge in [-0.15, -0.1) is 0 Å². The van der Waals surface area contributed by atoms with E-state index in [4.69, 9.17) is 13.9 Å². The summed E-state index contributed by atoms with van der Waals surface area (Å²) in [5, 5.41) is 0. The molecule has 0 bridgehead atoms. The Balaban J connectivity index is 2.02. The molecule has 5 nitrogen and oxygen atoms in total. The maximum atomic E-state index is 12.5. The van der Waals surface area contributed by atoms with Crippen LogP contribution in [0.3, 0.4) is 0 Å². The molecular formula is C14H18F3NO4. The third-order valence-electron chi connectivity index (χ3n) is 2.93. The second-order valence-electron chi connectivity index (χ2n) is 5.97. The molecule has 1 aliphatic rings. The summed E-state index contributed by atoms with van der Waals surface area (Å²) in [5.74, 6) is -0.961. The largest absolute Gasteiger partial charge is 0.456 e. The molecule has 1 aromatic rings. The molecule has 0 aromatic carbocycles. The third kappa shape index (κ3) is 4.16. The van der Waals surface area contributed by atoms with Gasteiger partial charge in [0.25, 0.3) is 0 Å². The molecule has 0 radical (unpaired) electrons. The highest BCUT2D eigenvalue weighted by molar-refractivity contribution is 5.68. The molecular weight excluding hydrogens is 303 g/mol. The van der Waals surface area contributed by atoms with Gasteiger partial charge >= 0.3 is 12.3 Å². The van der Waals surface area contributed by atoms with Gasteiger partial charge in [0.05, 0.1) is 19.6 Å². The normalized spacial score (nSPS) is 19.5. The van der Waals surface area contributed by atoms with Gasteiger partial charge < -0.3 is 13.9 Å². The predicted molar refractivity (Wildman–Crippen MR) is 70.1 cm³/mol. The Kier molecular flexibility index (Phi) is 4.42. The van der Waals surface area contributed by atoms with E-state index in [1.165, 1.54) is 11.0 Å². The number of halogens is 3. The lowest BCUT2D eigenvalue weighted by Crippen LogP contribution is -2.41. The third-order valence-corrected chi connectivity index (χ3v) is 2.93. The van der Waals surface area contributed by atoms with E-state index < -0.39 is 29.9 Å². The van der Waals surface area contributed by atoms with Crippen molar-refractivity contribution in [3.63, 3.8) is 0 Å². The Morgan fingerprint density at radius 3 is 2.59 bits per heavy atom. The lowest BCUT2D eigenvalue weighted by atomic mass is 10.2. The lowest BCUT2D eigenvalue weighted by Gasteiger charge is -2.27. The molecule has 1 amide bonds. The van der Waals surface area contributed by atoms with E-state index >= 15 is 0 Å².